The number of benzene rings is 2. The maximum atomic E-state index is 12.6. The second kappa shape index (κ2) is 6.00. The van der Waals surface area contributed by atoms with Crippen molar-refractivity contribution in [3.05, 3.63) is 65.5 Å². The van der Waals surface area contributed by atoms with Crippen molar-refractivity contribution in [2.24, 2.45) is 0 Å². The zero-order chi connectivity index (χ0) is 17.3. The van der Waals surface area contributed by atoms with Crippen LogP contribution in [0.25, 0.3) is 10.8 Å². The first kappa shape index (κ1) is 15.5. The maximum Gasteiger partial charge on any atom is 0.335 e. The average Bonchev–Trinajstić information content (AvgIpc) is 2.58. The fourth-order valence-electron chi connectivity index (χ4n) is 2.55. The van der Waals surface area contributed by atoms with Gasteiger partial charge >= 0.3 is 5.97 Å². The molecule has 6 nitrogen and oxygen atoms in total. The highest BCUT2D eigenvalue weighted by atomic mass is 16.4. The van der Waals surface area contributed by atoms with E-state index in [-0.39, 0.29) is 17.2 Å². The minimum Gasteiger partial charge on any atom is -0.478 e. The number of nitrogens with zero attached hydrogens (tertiary/aromatic N) is 1. The molecule has 3 rings (SSSR count). The Hall–Kier alpha value is -3.41. The van der Waals surface area contributed by atoms with Gasteiger partial charge in [-0.05, 0) is 48.9 Å². The van der Waals surface area contributed by atoms with E-state index in [1.54, 1.807) is 18.3 Å². The molecule has 4 N–H and O–H groups in total. The largest absolute Gasteiger partial charge is 0.478 e. The molecular weight excluding hydrogens is 306 g/mol. The van der Waals surface area contributed by atoms with Gasteiger partial charge in [0, 0.05) is 28.3 Å². The number of amides is 1. The summed E-state index contributed by atoms with van der Waals surface area (Å²) in [7, 11) is 0. The molecule has 0 atom stereocenters. The summed E-state index contributed by atoms with van der Waals surface area (Å²) >= 11 is 0. The molecule has 0 radical (unpaired) electrons. The van der Waals surface area contributed by atoms with Crippen molar-refractivity contribution in [3.8, 4) is 0 Å². The van der Waals surface area contributed by atoms with Gasteiger partial charge in [-0.25, -0.2) is 4.79 Å². The number of aryl methyl sites for hydroxylation is 1. The Balaban J connectivity index is 1.97. The number of hydrogen-bond donors (Lipinski definition) is 3. The molecule has 2 aromatic carbocycles. The fraction of sp³-hybridized carbons (Fsp3) is 0.0556. The second-order valence-corrected chi connectivity index (χ2v) is 5.39. The van der Waals surface area contributed by atoms with Crippen LogP contribution in [-0.2, 0) is 0 Å². The van der Waals surface area contributed by atoms with E-state index in [4.69, 9.17) is 10.8 Å². The van der Waals surface area contributed by atoms with E-state index < -0.39 is 5.97 Å². The van der Waals surface area contributed by atoms with Gasteiger partial charge in [-0.1, -0.05) is 6.07 Å². The molecule has 120 valence electrons. The number of aromatic nitrogens is 1. The van der Waals surface area contributed by atoms with Crippen LogP contribution in [0, 0.1) is 6.92 Å². The van der Waals surface area contributed by atoms with Gasteiger partial charge in [0.1, 0.15) is 5.69 Å². The first-order valence-corrected chi connectivity index (χ1v) is 7.26. The molecule has 0 fully saturated rings. The predicted molar refractivity (Wildman–Crippen MR) is 92.2 cm³/mol. The van der Waals surface area contributed by atoms with Crippen LogP contribution < -0.4 is 11.1 Å². The highest BCUT2D eigenvalue weighted by Gasteiger charge is 2.15. The Kier molecular flexibility index (Phi) is 3.87. The zero-order valence-corrected chi connectivity index (χ0v) is 12.9. The summed E-state index contributed by atoms with van der Waals surface area (Å²) in [4.78, 5) is 27.6. The van der Waals surface area contributed by atoms with Crippen LogP contribution in [0.4, 0.5) is 11.4 Å². The Labute approximate surface area is 137 Å². The molecule has 1 amide bonds. The third-order valence-corrected chi connectivity index (χ3v) is 3.77. The smallest absolute Gasteiger partial charge is 0.335 e. The van der Waals surface area contributed by atoms with Crippen molar-refractivity contribution < 1.29 is 14.7 Å². The monoisotopic (exact) mass is 321 g/mol. The molecule has 0 unspecified atom stereocenters. The quantitative estimate of drug-likeness (QED) is 0.643. The molecule has 24 heavy (non-hydrogen) atoms. The Morgan fingerprint density at radius 3 is 2.46 bits per heavy atom. The average molecular weight is 321 g/mol. The van der Waals surface area contributed by atoms with E-state index in [9.17, 15) is 9.59 Å². The van der Waals surface area contributed by atoms with Gasteiger partial charge in [-0.2, -0.15) is 0 Å². The molecule has 1 heterocycles. The number of pyridine rings is 1. The third-order valence-electron chi connectivity index (χ3n) is 3.77. The highest BCUT2D eigenvalue weighted by molar-refractivity contribution is 6.14. The van der Waals surface area contributed by atoms with E-state index in [1.807, 2.05) is 13.0 Å². The zero-order valence-electron chi connectivity index (χ0n) is 12.9. The van der Waals surface area contributed by atoms with E-state index in [2.05, 4.69) is 10.3 Å². The number of aromatic carboxylic acids is 1. The summed E-state index contributed by atoms with van der Waals surface area (Å²) in [5.41, 5.74) is 8.38. The lowest BCUT2D eigenvalue weighted by atomic mass is 10.0. The first-order chi connectivity index (χ1) is 11.5. The number of anilines is 2. The number of rotatable bonds is 3. The van der Waals surface area contributed by atoms with Crippen molar-refractivity contribution in [1.29, 1.82) is 0 Å². The number of carbonyl (C=O) groups excluding carboxylic acids is 1. The van der Waals surface area contributed by atoms with Gasteiger partial charge < -0.3 is 16.2 Å². The van der Waals surface area contributed by atoms with Crippen LogP contribution in [0.1, 0.15) is 26.4 Å². The van der Waals surface area contributed by atoms with Crippen LogP contribution in [-0.4, -0.2) is 22.0 Å². The van der Waals surface area contributed by atoms with Gasteiger partial charge in [-0.15, -0.1) is 0 Å². The van der Waals surface area contributed by atoms with E-state index in [0.29, 0.717) is 16.8 Å². The van der Waals surface area contributed by atoms with Gasteiger partial charge in [0.05, 0.1) is 5.56 Å². The van der Waals surface area contributed by atoms with Crippen molar-refractivity contribution in [3.63, 3.8) is 0 Å². The molecule has 0 saturated heterocycles. The van der Waals surface area contributed by atoms with Crippen molar-refractivity contribution in [2.75, 3.05) is 11.1 Å². The van der Waals surface area contributed by atoms with Crippen molar-refractivity contribution in [1.82, 2.24) is 4.98 Å². The van der Waals surface area contributed by atoms with Crippen LogP contribution in [0.2, 0.25) is 0 Å². The Morgan fingerprint density at radius 2 is 1.79 bits per heavy atom. The number of hydrogen-bond acceptors (Lipinski definition) is 4. The lowest BCUT2D eigenvalue weighted by Crippen LogP contribution is -2.15. The third kappa shape index (κ3) is 2.77. The normalized spacial score (nSPS) is 10.5. The lowest BCUT2D eigenvalue weighted by molar-refractivity contribution is 0.0696. The fourth-order valence-corrected chi connectivity index (χ4v) is 2.55. The standard InChI is InChI=1S/C18H15N3O3/c1-10-2-7-14(19)13-8-9-20-16(15(10)13)17(22)21-12-5-3-11(4-6-12)18(23)24/h2-9H,19H2,1H3,(H,21,22)(H,23,24). The molecule has 0 bridgehead atoms. The van der Waals surface area contributed by atoms with E-state index in [0.717, 1.165) is 10.9 Å². The molecule has 1 aromatic heterocycles. The number of carboxylic acids is 1. The highest BCUT2D eigenvalue weighted by Crippen LogP contribution is 2.26. The topological polar surface area (TPSA) is 105 Å². The minimum atomic E-state index is -1.02. The summed E-state index contributed by atoms with van der Waals surface area (Å²) in [5.74, 6) is -1.40. The van der Waals surface area contributed by atoms with Gasteiger partial charge in [0.15, 0.2) is 0 Å². The molecule has 0 saturated carbocycles. The SMILES string of the molecule is Cc1ccc(N)c2ccnc(C(=O)Nc3ccc(C(=O)O)cc3)c12. The second-order valence-electron chi connectivity index (χ2n) is 5.39. The summed E-state index contributed by atoms with van der Waals surface area (Å²) in [6.45, 7) is 1.89. The van der Waals surface area contributed by atoms with Crippen LogP contribution in [0.3, 0.4) is 0 Å². The molecule has 0 aliphatic rings. The molecule has 0 aliphatic heterocycles. The number of fused-ring (bicyclic) bond motifs is 1. The molecule has 0 spiro atoms. The number of nitrogens with one attached hydrogen (secondary N) is 1. The molecule has 6 heteroatoms. The number of carboxylic acid groups (broad SMARTS) is 1. The number of carbonyl (C=O) groups is 2. The Morgan fingerprint density at radius 1 is 1.08 bits per heavy atom. The maximum absolute atomic E-state index is 12.6. The summed E-state index contributed by atoms with van der Waals surface area (Å²) in [6.07, 6.45) is 1.54. The molecule has 0 aliphatic carbocycles. The van der Waals surface area contributed by atoms with E-state index >= 15 is 0 Å². The minimum absolute atomic E-state index is 0.153. The first-order valence-electron chi connectivity index (χ1n) is 7.26. The van der Waals surface area contributed by atoms with Crippen molar-refractivity contribution in [2.45, 2.75) is 6.92 Å². The molecule has 3 aromatic rings. The predicted octanol–water partition coefficient (Wildman–Crippen LogP) is 3.08. The number of nitrogens with two attached hydrogens (primary N) is 1. The van der Waals surface area contributed by atoms with Gasteiger partial charge in [-0.3, -0.25) is 9.78 Å². The van der Waals surface area contributed by atoms with Crippen LogP contribution in [0.15, 0.2) is 48.7 Å². The number of nitrogen functional groups attached to an aromatic ring is 1. The van der Waals surface area contributed by atoms with Crippen LogP contribution >= 0.6 is 0 Å². The van der Waals surface area contributed by atoms with Gasteiger partial charge in [0.2, 0.25) is 0 Å². The Bertz CT molecular complexity index is 950. The van der Waals surface area contributed by atoms with E-state index in [1.165, 1.54) is 24.3 Å². The molecular formula is C18H15N3O3. The summed E-state index contributed by atoms with van der Waals surface area (Å²) in [5, 5.41) is 13.1. The van der Waals surface area contributed by atoms with Crippen molar-refractivity contribution >= 4 is 34.0 Å². The summed E-state index contributed by atoms with van der Waals surface area (Å²) in [6, 6.07) is 11.3. The summed E-state index contributed by atoms with van der Waals surface area (Å²) < 4.78 is 0. The lowest BCUT2D eigenvalue weighted by Gasteiger charge is -2.11. The van der Waals surface area contributed by atoms with Gasteiger partial charge in [0.25, 0.3) is 5.91 Å². The van der Waals surface area contributed by atoms with Crippen LogP contribution in [0.5, 0.6) is 0 Å².